The summed E-state index contributed by atoms with van der Waals surface area (Å²) < 4.78 is 47.0. The molecule has 0 aliphatic heterocycles. The number of alkyl halides is 3. The molecule has 0 aliphatic carbocycles. The van der Waals surface area contributed by atoms with Crippen LogP contribution in [0.2, 0.25) is 0 Å². The molecule has 2 aromatic heterocycles. The summed E-state index contributed by atoms with van der Waals surface area (Å²) in [4.78, 5) is 16.9. The Labute approximate surface area is 200 Å². The third kappa shape index (κ3) is 5.05. The smallest absolute Gasteiger partial charge is 0.416 e. The van der Waals surface area contributed by atoms with Gasteiger partial charge in [0.25, 0.3) is 0 Å². The van der Waals surface area contributed by atoms with Gasteiger partial charge in [0, 0.05) is 28.5 Å². The first-order chi connectivity index (χ1) is 16.3. The molecule has 4 aromatic rings. The van der Waals surface area contributed by atoms with Gasteiger partial charge in [-0.25, -0.2) is 14.3 Å². The van der Waals surface area contributed by atoms with E-state index in [0.717, 1.165) is 17.7 Å². The molecule has 0 saturated heterocycles. The Balaban J connectivity index is 2.02. The Morgan fingerprint density at radius 1 is 1.00 bits per heavy atom. The molecule has 0 saturated carbocycles. The Morgan fingerprint density at radius 2 is 1.63 bits per heavy atom. The second kappa shape index (κ2) is 8.81. The van der Waals surface area contributed by atoms with Crippen LogP contribution >= 0.6 is 0 Å². The van der Waals surface area contributed by atoms with Crippen molar-refractivity contribution in [3.63, 3.8) is 0 Å². The molecule has 6 nitrogen and oxygen atoms in total. The van der Waals surface area contributed by atoms with Gasteiger partial charge < -0.3 is 9.84 Å². The minimum Gasteiger partial charge on any atom is -0.479 e. The number of carboxylic acid groups (broad SMARTS) is 1. The number of carboxylic acids is 1. The van der Waals surface area contributed by atoms with Crippen LogP contribution in [-0.4, -0.2) is 31.3 Å². The maximum Gasteiger partial charge on any atom is 0.416 e. The molecular formula is C26H24F3N3O3. The number of nitrogens with zero attached hydrogens (tertiary/aromatic N) is 3. The maximum absolute atomic E-state index is 13.2. The number of hydrogen-bond donors (Lipinski definition) is 1. The molecule has 0 bridgehead atoms. The van der Waals surface area contributed by atoms with Gasteiger partial charge in [-0.2, -0.15) is 18.3 Å². The molecule has 1 unspecified atom stereocenters. The van der Waals surface area contributed by atoms with E-state index in [1.54, 1.807) is 33.8 Å². The van der Waals surface area contributed by atoms with Gasteiger partial charge in [-0.05, 0) is 39.8 Å². The summed E-state index contributed by atoms with van der Waals surface area (Å²) in [6.07, 6.45) is -5.93. The zero-order valence-electron chi connectivity index (χ0n) is 19.6. The molecule has 9 heteroatoms. The Morgan fingerprint density at radius 3 is 2.17 bits per heavy atom. The lowest BCUT2D eigenvalue weighted by Gasteiger charge is -2.27. The Bertz CT molecular complexity index is 1370. The highest BCUT2D eigenvalue weighted by Crippen LogP contribution is 2.37. The standard InChI is InChI=1S/C26H24F3N3O3/c1-15-21(23(24(33)34)35-25(2,3)4)22(17-10-12-18(13-11-17)26(27,28)29)32-20(30-15)14-19(31-32)16-8-6-5-7-9-16/h5-14,23H,1-4H3,(H,33,34). The van der Waals surface area contributed by atoms with Gasteiger partial charge in [0.2, 0.25) is 0 Å². The predicted octanol–water partition coefficient (Wildman–Crippen LogP) is 6.33. The van der Waals surface area contributed by atoms with Gasteiger partial charge >= 0.3 is 12.1 Å². The first-order valence-electron chi connectivity index (χ1n) is 10.9. The lowest BCUT2D eigenvalue weighted by atomic mass is 9.98. The number of halogens is 3. The number of carbonyl (C=O) groups is 1. The van der Waals surface area contributed by atoms with Crippen molar-refractivity contribution in [3.05, 3.63) is 77.5 Å². The van der Waals surface area contributed by atoms with Crippen LogP contribution in [0.3, 0.4) is 0 Å². The number of aryl methyl sites for hydroxylation is 1. The highest BCUT2D eigenvalue weighted by molar-refractivity contribution is 5.81. The summed E-state index contributed by atoms with van der Waals surface area (Å²) >= 11 is 0. The first-order valence-corrected chi connectivity index (χ1v) is 10.9. The molecule has 0 spiro atoms. The normalized spacial score (nSPS) is 13.2. The van der Waals surface area contributed by atoms with Crippen LogP contribution in [0, 0.1) is 6.92 Å². The summed E-state index contributed by atoms with van der Waals surface area (Å²) in [5, 5.41) is 14.7. The summed E-state index contributed by atoms with van der Waals surface area (Å²) in [5.74, 6) is -1.24. The van der Waals surface area contributed by atoms with E-state index < -0.39 is 29.4 Å². The topological polar surface area (TPSA) is 76.7 Å². The number of rotatable bonds is 5. The molecule has 1 N–H and O–H groups in total. The number of aliphatic carboxylic acids is 1. The predicted molar refractivity (Wildman–Crippen MR) is 125 cm³/mol. The minimum absolute atomic E-state index is 0.224. The monoisotopic (exact) mass is 483 g/mol. The third-order valence-electron chi connectivity index (χ3n) is 5.34. The van der Waals surface area contributed by atoms with E-state index in [1.165, 1.54) is 16.6 Å². The third-order valence-corrected chi connectivity index (χ3v) is 5.34. The Kier molecular flexibility index (Phi) is 6.14. The van der Waals surface area contributed by atoms with Crippen LogP contribution in [0.5, 0.6) is 0 Å². The Hall–Kier alpha value is -3.72. The first kappa shape index (κ1) is 24.4. The number of hydrogen-bond acceptors (Lipinski definition) is 4. The fraction of sp³-hybridized carbons (Fsp3) is 0.269. The summed E-state index contributed by atoms with van der Waals surface area (Å²) in [5.41, 5.74) is 1.47. The molecule has 4 rings (SSSR count). The molecule has 0 amide bonds. The average Bonchev–Trinajstić information content (AvgIpc) is 3.19. The van der Waals surface area contributed by atoms with E-state index in [9.17, 15) is 23.1 Å². The fourth-order valence-electron chi connectivity index (χ4n) is 3.88. The second-order valence-electron chi connectivity index (χ2n) is 9.15. The van der Waals surface area contributed by atoms with Gasteiger partial charge in [0.05, 0.1) is 22.6 Å². The molecule has 1 atom stereocenters. The van der Waals surface area contributed by atoms with Crippen LogP contribution in [0.25, 0.3) is 28.2 Å². The van der Waals surface area contributed by atoms with Gasteiger partial charge in [-0.1, -0.05) is 42.5 Å². The summed E-state index contributed by atoms with van der Waals surface area (Å²) in [6, 6.07) is 15.6. The summed E-state index contributed by atoms with van der Waals surface area (Å²) in [7, 11) is 0. The zero-order chi connectivity index (χ0) is 25.5. The number of fused-ring (bicyclic) bond motifs is 1. The molecular weight excluding hydrogens is 459 g/mol. The van der Waals surface area contributed by atoms with E-state index >= 15 is 0 Å². The van der Waals surface area contributed by atoms with Crippen molar-refractivity contribution in [2.75, 3.05) is 0 Å². The molecule has 0 fully saturated rings. The van der Waals surface area contributed by atoms with E-state index in [1.807, 2.05) is 30.3 Å². The zero-order valence-corrected chi connectivity index (χ0v) is 19.6. The fourth-order valence-corrected chi connectivity index (χ4v) is 3.88. The van der Waals surface area contributed by atoms with Crippen molar-refractivity contribution >= 4 is 11.6 Å². The van der Waals surface area contributed by atoms with Crippen molar-refractivity contribution in [1.29, 1.82) is 0 Å². The molecule has 35 heavy (non-hydrogen) atoms. The second-order valence-corrected chi connectivity index (χ2v) is 9.15. The van der Waals surface area contributed by atoms with Crippen LogP contribution < -0.4 is 0 Å². The van der Waals surface area contributed by atoms with Crippen molar-refractivity contribution < 1.29 is 27.8 Å². The van der Waals surface area contributed by atoms with E-state index in [0.29, 0.717) is 28.3 Å². The van der Waals surface area contributed by atoms with Crippen molar-refractivity contribution in [3.8, 4) is 22.5 Å². The van der Waals surface area contributed by atoms with Crippen molar-refractivity contribution in [2.24, 2.45) is 0 Å². The van der Waals surface area contributed by atoms with Gasteiger partial charge in [0.1, 0.15) is 0 Å². The van der Waals surface area contributed by atoms with Crippen LogP contribution in [0.15, 0.2) is 60.7 Å². The molecule has 2 heterocycles. The summed E-state index contributed by atoms with van der Waals surface area (Å²) in [6.45, 7) is 6.83. The van der Waals surface area contributed by atoms with Gasteiger partial charge in [0.15, 0.2) is 11.8 Å². The van der Waals surface area contributed by atoms with Gasteiger partial charge in [-0.15, -0.1) is 0 Å². The van der Waals surface area contributed by atoms with Crippen molar-refractivity contribution in [2.45, 2.75) is 45.6 Å². The average molecular weight is 483 g/mol. The quantitative estimate of drug-likeness (QED) is 0.359. The maximum atomic E-state index is 13.2. The lowest BCUT2D eigenvalue weighted by molar-refractivity contribution is -0.160. The SMILES string of the molecule is Cc1nc2cc(-c3ccccc3)nn2c(-c2ccc(C(F)(F)F)cc2)c1C(OC(C)(C)C)C(=O)O. The number of benzene rings is 2. The van der Waals surface area contributed by atoms with Crippen LogP contribution in [-0.2, 0) is 15.7 Å². The number of aromatic nitrogens is 3. The molecule has 0 radical (unpaired) electrons. The van der Waals surface area contributed by atoms with Gasteiger partial charge in [-0.3, -0.25) is 0 Å². The lowest BCUT2D eigenvalue weighted by Crippen LogP contribution is -2.29. The van der Waals surface area contributed by atoms with E-state index in [2.05, 4.69) is 10.1 Å². The minimum atomic E-state index is -4.50. The van der Waals surface area contributed by atoms with Crippen LogP contribution in [0.1, 0.15) is 43.7 Å². The molecule has 182 valence electrons. The van der Waals surface area contributed by atoms with E-state index in [4.69, 9.17) is 4.74 Å². The van der Waals surface area contributed by atoms with E-state index in [-0.39, 0.29) is 5.56 Å². The number of ether oxygens (including phenoxy) is 1. The highest BCUT2D eigenvalue weighted by Gasteiger charge is 2.34. The largest absolute Gasteiger partial charge is 0.479 e. The highest BCUT2D eigenvalue weighted by atomic mass is 19.4. The van der Waals surface area contributed by atoms with Crippen LogP contribution in [0.4, 0.5) is 13.2 Å². The molecule has 0 aliphatic rings. The van der Waals surface area contributed by atoms with Crippen molar-refractivity contribution in [1.82, 2.24) is 14.6 Å². The molecule has 2 aromatic carbocycles.